The van der Waals surface area contributed by atoms with Crippen molar-refractivity contribution in [1.29, 1.82) is 0 Å². The van der Waals surface area contributed by atoms with Crippen LogP contribution in [-0.2, 0) is 9.53 Å². The van der Waals surface area contributed by atoms with Crippen LogP contribution in [0.15, 0.2) is 27.4 Å². The summed E-state index contributed by atoms with van der Waals surface area (Å²) in [4.78, 5) is 23.1. The fourth-order valence-corrected chi connectivity index (χ4v) is 2.13. The molecule has 0 atom stereocenters. The summed E-state index contributed by atoms with van der Waals surface area (Å²) in [6.45, 7) is 0.973. The highest BCUT2D eigenvalue weighted by atomic mass is 19.3. The molecule has 1 heterocycles. The topological polar surface area (TPSA) is 68.5 Å². The van der Waals surface area contributed by atoms with Gasteiger partial charge in [-0.25, -0.2) is 13.6 Å². The number of benzene rings is 1. The molecule has 5 nitrogen and oxygen atoms in total. The van der Waals surface area contributed by atoms with Gasteiger partial charge in [0.05, 0.1) is 0 Å². The van der Waals surface area contributed by atoms with Crippen LogP contribution in [0.3, 0.4) is 0 Å². The Labute approximate surface area is 139 Å². The number of carbonyl (C=O) groups excluding carboxylic acids is 1. The van der Waals surface area contributed by atoms with Gasteiger partial charge in [0.25, 0.3) is 0 Å². The first-order valence-electron chi connectivity index (χ1n) is 7.19. The van der Waals surface area contributed by atoms with E-state index >= 15 is 0 Å². The lowest BCUT2D eigenvalue weighted by atomic mass is 10.1. The number of hydrogen-bond donors (Lipinski definition) is 1. The van der Waals surface area contributed by atoms with E-state index in [0.29, 0.717) is 27.8 Å². The number of amides is 1. The number of ether oxygens (including phenoxy) is 1. The molecule has 0 unspecified atom stereocenters. The van der Waals surface area contributed by atoms with E-state index in [1.54, 1.807) is 26.0 Å². The van der Waals surface area contributed by atoms with Crippen molar-refractivity contribution >= 4 is 22.6 Å². The lowest BCUT2D eigenvalue weighted by molar-refractivity contribution is -0.167. The molecule has 0 bridgehead atoms. The van der Waals surface area contributed by atoms with Gasteiger partial charge in [-0.05, 0) is 37.1 Å². The Morgan fingerprint density at radius 2 is 1.92 bits per heavy atom. The minimum atomic E-state index is -4.31. The summed E-state index contributed by atoms with van der Waals surface area (Å²) in [6, 6.07) is 4.40. The standard InChI is InChI=1S/C16H15F4NO4/c1-8-4-14(23)25-12-3-9(2)11(5-10(8)12)21-13(22)6-24-7-16(19,20)15(17)18/h3-5,15H,6-7H2,1-2H3,(H,21,22). The Hall–Kier alpha value is -2.42. The van der Waals surface area contributed by atoms with Crippen LogP contribution in [0.5, 0.6) is 0 Å². The maximum atomic E-state index is 12.7. The van der Waals surface area contributed by atoms with E-state index in [9.17, 15) is 27.2 Å². The van der Waals surface area contributed by atoms with Crippen molar-refractivity contribution < 1.29 is 31.5 Å². The van der Waals surface area contributed by atoms with Crippen molar-refractivity contribution in [2.75, 3.05) is 18.5 Å². The van der Waals surface area contributed by atoms with Gasteiger partial charge in [0.2, 0.25) is 5.91 Å². The van der Waals surface area contributed by atoms with Crippen molar-refractivity contribution in [2.24, 2.45) is 0 Å². The second-order valence-corrected chi connectivity index (χ2v) is 5.51. The average Bonchev–Trinajstić information content (AvgIpc) is 2.48. The van der Waals surface area contributed by atoms with E-state index in [0.717, 1.165) is 0 Å². The molecular weight excluding hydrogens is 346 g/mol. The van der Waals surface area contributed by atoms with Crippen LogP contribution in [0.1, 0.15) is 11.1 Å². The summed E-state index contributed by atoms with van der Waals surface area (Å²) in [6.07, 6.45) is -3.86. The number of anilines is 1. The highest BCUT2D eigenvalue weighted by Crippen LogP contribution is 2.25. The summed E-state index contributed by atoms with van der Waals surface area (Å²) >= 11 is 0. The average molecular weight is 361 g/mol. The molecule has 0 aliphatic heterocycles. The first-order chi connectivity index (χ1) is 11.6. The highest BCUT2D eigenvalue weighted by Gasteiger charge is 2.41. The molecular formula is C16H15F4NO4. The van der Waals surface area contributed by atoms with Crippen LogP contribution in [0.25, 0.3) is 11.0 Å². The molecule has 0 radical (unpaired) electrons. The van der Waals surface area contributed by atoms with Gasteiger partial charge in [0.15, 0.2) is 0 Å². The second kappa shape index (κ2) is 7.22. The van der Waals surface area contributed by atoms with Crippen molar-refractivity contribution in [1.82, 2.24) is 0 Å². The number of fused-ring (bicyclic) bond motifs is 1. The Balaban J connectivity index is 2.08. The van der Waals surface area contributed by atoms with Crippen LogP contribution >= 0.6 is 0 Å². The summed E-state index contributed by atoms with van der Waals surface area (Å²) in [7, 11) is 0. The number of alkyl halides is 4. The molecule has 2 rings (SSSR count). The van der Waals surface area contributed by atoms with E-state index in [1.165, 1.54) is 6.07 Å². The minimum Gasteiger partial charge on any atom is -0.423 e. The number of carbonyl (C=O) groups is 1. The van der Waals surface area contributed by atoms with Crippen LogP contribution in [0.4, 0.5) is 23.2 Å². The monoisotopic (exact) mass is 361 g/mol. The Bertz CT molecular complexity index is 848. The van der Waals surface area contributed by atoms with E-state index in [1.807, 2.05) is 0 Å². The molecule has 0 fully saturated rings. The quantitative estimate of drug-likeness (QED) is 0.633. The molecule has 25 heavy (non-hydrogen) atoms. The molecule has 0 aliphatic rings. The molecule has 0 aliphatic carbocycles. The van der Waals surface area contributed by atoms with Gasteiger partial charge in [-0.2, -0.15) is 8.78 Å². The van der Waals surface area contributed by atoms with Gasteiger partial charge in [0, 0.05) is 17.1 Å². The lowest BCUT2D eigenvalue weighted by Gasteiger charge is -2.15. The van der Waals surface area contributed by atoms with Gasteiger partial charge in [-0.15, -0.1) is 0 Å². The van der Waals surface area contributed by atoms with E-state index < -0.39 is 37.1 Å². The third-order valence-electron chi connectivity index (χ3n) is 3.42. The maximum absolute atomic E-state index is 12.7. The highest BCUT2D eigenvalue weighted by molar-refractivity contribution is 5.95. The largest absolute Gasteiger partial charge is 0.423 e. The molecule has 9 heteroatoms. The molecule has 2 aromatic rings. The molecule has 0 saturated carbocycles. The first-order valence-corrected chi connectivity index (χ1v) is 7.19. The van der Waals surface area contributed by atoms with Crippen molar-refractivity contribution in [3.05, 3.63) is 39.7 Å². The van der Waals surface area contributed by atoms with Gasteiger partial charge in [0.1, 0.15) is 18.8 Å². The zero-order valence-electron chi connectivity index (χ0n) is 13.4. The zero-order valence-corrected chi connectivity index (χ0v) is 13.4. The van der Waals surface area contributed by atoms with E-state index in [4.69, 9.17) is 4.42 Å². The van der Waals surface area contributed by atoms with Crippen LogP contribution in [0.2, 0.25) is 0 Å². The fourth-order valence-electron chi connectivity index (χ4n) is 2.13. The van der Waals surface area contributed by atoms with Crippen LogP contribution in [0, 0.1) is 13.8 Å². The third kappa shape index (κ3) is 4.56. The van der Waals surface area contributed by atoms with Gasteiger partial charge in [-0.3, -0.25) is 4.79 Å². The number of aryl methyl sites for hydroxylation is 2. The predicted molar refractivity (Wildman–Crippen MR) is 82.4 cm³/mol. The maximum Gasteiger partial charge on any atom is 0.336 e. The molecule has 1 amide bonds. The van der Waals surface area contributed by atoms with Crippen molar-refractivity contribution in [3.63, 3.8) is 0 Å². The van der Waals surface area contributed by atoms with Crippen LogP contribution < -0.4 is 10.9 Å². The molecule has 1 aromatic heterocycles. The summed E-state index contributed by atoms with van der Waals surface area (Å²) in [5, 5.41) is 3.03. The predicted octanol–water partition coefficient (Wildman–Crippen LogP) is 3.27. The third-order valence-corrected chi connectivity index (χ3v) is 3.42. The zero-order chi connectivity index (χ0) is 18.8. The molecule has 1 aromatic carbocycles. The van der Waals surface area contributed by atoms with Crippen molar-refractivity contribution in [2.45, 2.75) is 26.2 Å². The Kier molecular flexibility index (Phi) is 5.46. The van der Waals surface area contributed by atoms with E-state index in [-0.39, 0.29) is 0 Å². The number of halogens is 4. The normalized spacial score (nSPS) is 12.0. The Morgan fingerprint density at radius 1 is 1.24 bits per heavy atom. The smallest absolute Gasteiger partial charge is 0.336 e. The molecule has 136 valence electrons. The van der Waals surface area contributed by atoms with Gasteiger partial charge < -0.3 is 14.5 Å². The number of hydrogen-bond acceptors (Lipinski definition) is 4. The van der Waals surface area contributed by atoms with Crippen LogP contribution in [-0.4, -0.2) is 31.5 Å². The Morgan fingerprint density at radius 3 is 2.56 bits per heavy atom. The second-order valence-electron chi connectivity index (χ2n) is 5.51. The molecule has 0 saturated heterocycles. The minimum absolute atomic E-state index is 0.341. The SMILES string of the molecule is Cc1cc2oc(=O)cc(C)c2cc1NC(=O)COCC(F)(F)C(F)F. The summed E-state index contributed by atoms with van der Waals surface area (Å²) < 4.78 is 58.8. The fraction of sp³-hybridized carbons (Fsp3) is 0.375. The van der Waals surface area contributed by atoms with Crippen molar-refractivity contribution in [3.8, 4) is 0 Å². The van der Waals surface area contributed by atoms with Gasteiger partial charge >= 0.3 is 18.0 Å². The lowest BCUT2D eigenvalue weighted by Crippen LogP contribution is -2.34. The van der Waals surface area contributed by atoms with E-state index in [2.05, 4.69) is 10.1 Å². The molecule has 1 N–H and O–H groups in total. The number of nitrogens with one attached hydrogen (secondary N) is 1. The molecule has 0 spiro atoms. The van der Waals surface area contributed by atoms with Gasteiger partial charge in [-0.1, -0.05) is 0 Å². The summed E-state index contributed by atoms with van der Waals surface area (Å²) in [5.41, 5.74) is 1.39. The number of rotatable bonds is 6. The summed E-state index contributed by atoms with van der Waals surface area (Å²) in [5.74, 6) is -5.09. The first kappa shape index (κ1) is 18.9.